The first-order valence-corrected chi connectivity index (χ1v) is 11.7. The first-order chi connectivity index (χ1) is 15.2. The van der Waals surface area contributed by atoms with E-state index in [9.17, 15) is 9.59 Å². The molecule has 0 spiro atoms. The van der Waals surface area contributed by atoms with Crippen LogP contribution in [-0.4, -0.2) is 35.4 Å². The highest BCUT2D eigenvalue weighted by Crippen LogP contribution is 2.27. The molecular formula is C25H32Cl2N2O3. The zero-order valence-electron chi connectivity index (χ0n) is 19.4. The molecule has 0 aromatic heterocycles. The molecule has 0 aliphatic rings. The Morgan fingerprint density at radius 2 is 1.72 bits per heavy atom. The molecule has 5 nitrogen and oxygen atoms in total. The van der Waals surface area contributed by atoms with Crippen LogP contribution < -0.4 is 10.1 Å². The average Bonchev–Trinajstić information content (AvgIpc) is 2.75. The van der Waals surface area contributed by atoms with Crippen LogP contribution in [0, 0.1) is 13.8 Å². The van der Waals surface area contributed by atoms with Crippen LogP contribution in [0.1, 0.15) is 50.3 Å². The van der Waals surface area contributed by atoms with E-state index in [2.05, 4.69) is 5.32 Å². The summed E-state index contributed by atoms with van der Waals surface area (Å²) in [5.41, 5.74) is 2.58. The molecule has 0 aliphatic heterocycles. The van der Waals surface area contributed by atoms with Gasteiger partial charge in [0.2, 0.25) is 5.91 Å². The standard InChI is InChI=1S/C25H32Cl2N2O3/c1-6-18(5)28-25(31)22(7-2)29(14-19-20(26)9-8-10-21(19)27)24(30)15-32-23-13-16(3)11-12-17(23)4/h8-13,18,22H,6-7,14-15H2,1-5H3,(H,28,31)/t18-,22+/m0/s1. The highest BCUT2D eigenvalue weighted by Gasteiger charge is 2.30. The van der Waals surface area contributed by atoms with Gasteiger partial charge in [0.1, 0.15) is 11.8 Å². The lowest BCUT2D eigenvalue weighted by atomic mass is 10.1. The minimum Gasteiger partial charge on any atom is -0.483 e. The van der Waals surface area contributed by atoms with Crippen molar-refractivity contribution in [2.75, 3.05) is 6.61 Å². The summed E-state index contributed by atoms with van der Waals surface area (Å²) in [4.78, 5) is 27.9. The Morgan fingerprint density at radius 1 is 1.06 bits per heavy atom. The largest absolute Gasteiger partial charge is 0.483 e. The monoisotopic (exact) mass is 478 g/mol. The van der Waals surface area contributed by atoms with E-state index in [0.29, 0.717) is 27.8 Å². The summed E-state index contributed by atoms with van der Waals surface area (Å²) in [5.74, 6) is 0.129. The summed E-state index contributed by atoms with van der Waals surface area (Å²) in [5, 5.41) is 3.88. The van der Waals surface area contributed by atoms with E-state index in [4.69, 9.17) is 27.9 Å². The van der Waals surface area contributed by atoms with E-state index in [1.54, 1.807) is 18.2 Å². The molecule has 0 radical (unpaired) electrons. The van der Waals surface area contributed by atoms with Gasteiger partial charge in [0.15, 0.2) is 6.61 Å². The lowest BCUT2D eigenvalue weighted by molar-refractivity contribution is -0.143. The number of ether oxygens (including phenoxy) is 1. The maximum absolute atomic E-state index is 13.3. The van der Waals surface area contributed by atoms with Gasteiger partial charge in [-0.15, -0.1) is 0 Å². The normalized spacial score (nSPS) is 12.7. The first kappa shape index (κ1) is 26.0. The van der Waals surface area contributed by atoms with Crippen LogP contribution in [0.5, 0.6) is 5.75 Å². The molecular weight excluding hydrogens is 447 g/mol. The number of benzene rings is 2. The molecule has 2 rings (SSSR count). The van der Waals surface area contributed by atoms with Crippen LogP contribution in [0.4, 0.5) is 0 Å². The summed E-state index contributed by atoms with van der Waals surface area (Å²) in [7, 11) is 0. The summed E-state index contributed by atoms with van der Waals surface area (Å²) in [6.07, 6.45) is 1.24. The molecule has 0 heterocycles. The van der Waals surface area contributed by atoms with Gasteiger partial charge in [-0.05, 0) is 62.9 Å². The molecule has 2 atom stereocenters. The van der Waals surface area contributed by atoms with E-state index in [0.717, 1.165) is 17.5 Å². The zero-order chi connectivity index (χ0) is 23.8. The molecule has 2 aromatic rings. The highest BCUT2D eigenvalue weighted by atomic mass is 35.5. The van der Waals surface area contributed by atoms with Gasteiger partial charge >= 0.3 is 0 Å². The van der Waals surface area contributed by atoms with Crippen LogP contribution in [0.3, 0.4) is 0 Å². The summed E-state index contributed by atoms with van der Waals surface area (Å²) >= 11 is 12.7. The summed E-state index contributed by atoms with van der Waals surface area (Å²) in [6.45, 7) is 9.61. The highest BCUT2D eigenvalue weighted by molar-refractivity contribution is 6.36. The van der Waals surface area contributed by atoms with Gasteiger partial charge in [-0.2, -0.15) is 0 Å². The molecule has 0 saturated carbocycles. The number of amides is 2. The molecule has 1 N–H and O–H groups in total. The fourth-order valence-corrected chi connectivity index (χ4v) is 3.82. The SMILES string of the molecule is CC[C@H](C(=O)N[C@@H](C)CC)N(Cc1c(Cl)cccc1Cl)C(=O)COc1cc(C)ccc1C. The quantitative estimate of drug-likeness (QED) is 0.475. The van der Waals surface area contributed by atoms with Crippen molar-refractivity contribution in [2.45, 2.75) is 66.1 Å². The van der Waals surface area contributed by atoms with Crippen LogP contribution in [0.25, 0.3) is 0 Å². The number of nitrogens with one attached hydrogen (secondary N) is 1. The van der Waals surface area contributed by atoms with Crippen LogP contribution in [0.15, 0.2) is 36.4 Å². The number of hydrogen-bond acceptors (Lipinski definition) is 3. The van der Waals surface area contributed by atoms with Gasteiger partial charge < -0.3 is 15.0 Å². The molecule has 0 bridgehead atoms. The molecule has 0 fully saturated rings. The van der Waals surface area contributed by atoms with Crippen molar-refractivity contribution < 1.29 is 14.3 Å². The van der Waals surface area contributed by atoms with Gasteiger partial charge in [-0.3, -0.25) is 9.59 Å². The Kier molecular flexibility index (Phi) is 9.85. The van der Waals surface area contributed by atoms with Gasteiger partial charge in [0.05, 0.1) is 0 Å². The number of halogens is 2. The van der Waals surface area contributed by atoms with E-state index in [-0.39, 0.29) is 31.0 Å². The summed E-state index contributed by atoms with van der Waals surface area (Å²) < 4.78 is 5.85. The number of carbonyl (C=O) groups is 2. The maximum Gasteiger partial charge on any atom is 0.261 e. The predicted molar refractivity (Wildman–Crippen MR) is 130 cm³/mol. The van der Waals surface area contributed by atoms with E-state index < -0.39 is 6.04 Å². The third-order valence-corrected chi connectivity index (χ3v) is 6.18. The van der Waals surface area contributed by atoms with E-state index in [1.165, 1.54) is 4.90 Å². The fourth-order valence-electron chi connectivity index (χ4n) is 3.30. The van der Waals surface area contributed by atoms with Crippen LogP contribution in [-0.2, 0) is 16.1 Å². The zero-order valence-corrected chi connectivity index (χ0v) is 20.9. The van der Waals surface area contributed by atoms with Crippen molar-refractivity contribution in [1.82, 2.24) is 10.2 Å². The van der Waals surface area contributed by atoms with Crippen molar-refractivity contribution in [3.8, 4) is 5.75 Å². The predicted octanol–water partition coefficient (Wildman–Crippen LogP) is 5.71. The van der Waals surface area contributed by atoms with Gasteiger partial charge in [0.25, 0.3) is 5.91 Å². The summed E-state index contributed by atoms with van der Waals surface area (Å²) in [6, 6.07) is 10.3. The second-order valence-electron chi connectivity index (χ2n) is 8.02. The van der Waals surface area contributed by atoms with Crippen LogP contribution in [0.2, 0.25) is 10.0 Å². The van der Waals surface area contributed by atoms with E-state index >= 15 is 0 Å². The number of carbonyl (C=O) groups excluding carboxylic acids is 2. The molecule has 0 aliphatic carbocycles. The van der Waals surface area contributed by atoms with Crippen molar-refractivity contribution in [3.05, 3.63) is 63.1 Å². The molecule has 32 heavy (non-hydrogen) atoms. The first-order valence-electron chi connectivity index (χ1n) is 10.9. The van der Waals surface area contributed by atoms with Crippen molar-refractivity contribution in [3.63, 3.8) is 0 Å². The third kappa shape index (κ3) is 6.88. The molecule has 0 saturated heterocycles. The topological polar surface area (TPSA) is 58.6 Å². The minimum atomic E-state index is -0.675. The molecule has 7 heteroatoms. The Balaban J connectivity index is 2.32. The number of aryl methyl sites for hydroxylation is 2. The van der Waals surface area contributed by atoms with Crippen molar-refractivity contribution >= 4 is 35.0 Å². The van der Waals surface area contributed by atoms with Gasteiger partial charge in [-0.1, -0.05) is 55.2 Å². The molecule has 2 aromatic carbocycles. The number of rotatable bonds is 10. The van der Waals surface area contributed by atoms with Crippen molar-refractivity contribution in [1.29, 1.82) is 0 Å². The Labute approximate surface area is 201 Å². The second kappa shape index (κ2) is 12.1. The minimum absolute atomic E-state index is 0.00333. The lowest BCUT2D eigenvalue weighted by Gasteiger charge is -2.32. The molecule has 2 amide bonds. The number of nitrogens with zero attached hydrogens (tertiary/aromatic N) is 1. The fraction of sp³-hybridized carbons (Fsp3) is 0.440. The second-order valence-corrected chi connectivity index (χ2v) is 8.84. The average molecular weight is 479 g/mol. The van der Waals surface area contributed by atoms with Gasteiger partial charge in [-0.25, -0.2) is 0 Å². The lowest BCUT2D eigenvalue weighted by Crippen LogP contribution is -2.51. The number of hydrogen-bond donors (Lipinski definition) is 1. The van der Waals surface area contributed by atoms with Crippen LogP contribution >= 0.6 is 23.2 Å². The Morgan fingerprint density at radius 3 is 2.31 bits per heavy atom. The molecule has 174 valence electrons. The Bertz CT molecular complexity index is 929. The molecule has 0 unspecified atom stereocenters. The van der Waals surface area contributed by atoms with E-state index in [1.807, 2.05) is 52.8 Å². The maximum atomic E-state index is 13.3. The third-order valence-electron chi connectivity index (χ3n) is 5.47. The Hall–Kier alpha value is -2.24. The van der Waals surface area contributed by atoms with Gasteiger partial charge in [0, 0.05) is 28.2 Å². The smallest absolute Gasteiger partial charge is 0.261 e. The van der Waals surface area contributed by atoms with Crippen molar-refractivity contribution in [2.24, 2.45) is 0 Å².